The maximum atomic E-state index is 12.1. The van der Waals surface area contributed by atoms with Gasteiger partial charge in [-0.1, -0.05) is 0 Å². The molecule has 0 aliphatic carbocycles. The molecule has 0 amide bonds. The van der Waals surface area contributed by atoms with E-state index in [1.165, 1.54) is 13.0 Å². The molecule has 0 aliphatic heterocycles. The number of nitrogens with zero attached hydrogens (tertiary/aromatic N) is 3. The summed E-state index contributed by atoms with van der Waals surface area (Å²) < 4.78 is 24.1. The summed E-state index contributed by atoms with van der Waals surface area (Å²) >= 11 is 0. The Bertz CT molecular complexity index is 366. The molecule has 0 atom stereocenters. The Kier molecular flexibility index (Phi) is 5.13. The largest absolute Gasteiger partial charge is 2.00 e. The van der Waals surface area contributed by atoms with Crippen LogP contribution in [0, 0.1) is 13.3 Å². The molecule has 1 aromatic heterocycles. The minimum Gasteiger partial charge on any atom is -0.287 e. The van der Waals surface area contributed by atoms with E-state index in [0.717, 1.165) is 6.07 Å². The van der Waals surface area contributed by atoms with Crippen LogP contribution in [0.1, 0.15) is 11.4 Å². The van der Waals surface area contributed by atoms with Crippen LogP contribution in [0.4, 0.5) is 14.7 Å². The summed E-state index contributed by atoms with van der Waals surface area (Å²) in [7, 11) is 0. The number of halogens is 2. The van der Waals surface area contributed by atoms with Gasteiger partial charge in [-0.3, -0.25) is 8.78 Å². The zero-order chi connectivity index (χ0) is 9.84. The van der Waals surface area contributed by atoms with Crippen molar-refractivity contribution in [2.24, 2.45) is 4.99 Å². The fourth-order valence-electron chi connectivity index (χ4n) is 0.741. The van der Waals surface area contributed by atoms with E-state index in [1.807, 2.05) is 0 Å². The van der Waals surface area contributed by atoms with Crippen LogP contribution >= 0.6 is 0 Å². The molecule has 0 N–H and O–H groups in total. The van der Waals surface area contributed by atoms with Crippen LogP contribution in [0.25, 0.3) is 0 Å². The van der Waals surface area contributed by atoms with Crippen LogP contribution in [0.15, 0.2) is 11.1 Å². The molecule has 0 spiro atoms. The van der Waals surface area contributed by atoms with Gasteiger partial charge in [-0.05, 0) is 18.3 Å². The van der Waals surface area contributed by atoms with Crippen molar-refractivity contribution in [2.45, 2.75) is 6.92 Å². The molecule has 0 saturated carbocycles. The molecule has 4 nitrogen and oxygen atoms in total. The molecule has 0 aliphatic rings. The fourth-order valence-corrected chi connectivity index (χ4v) is 0.741. The van der Waals surface area contributed by atoms with Gasteiger partial charge in [-0.15, -0.1) is 4.99 Å². The van der Waals surface area contributed by atoms with Crippen LogP contribution in [0.5, 0.6) is 0 Å². The Labute approximate surface area is 92.7 Å². The summed E-state index contributed by atoms with van der Waals surface area (Å²) in [6.45, 7) is 1.50. The van der Waals surface area contributed by atoms with E-state index in [-0.39, 0.29) is 27.0 Å². The summed E-state index contributed by atoms with van der Waals surface area (Å²) in [5.74, 6) is -0.308. The first-order chi connectivity index (χ1) is 6.13. The van der Waals surface area contributed by atoms with Gasteiger partial charge in [-0.25, -0.2) is 14.8 Å². The van der Waals surface area contributed by atoms with E-state index in [2.05, 4.69) is 15.0 Å². The Morgan fingerprint density at radius 3 is 2.64 bits per heavy atom. The van der Waals surface area contributed by atoms with Gasteiger partial charge in [0.1, 0.15) is 6.43 Å². The normalized spacial score (nSPS) is 8.50. The molecular formula is C7H4F2N3OW+. The van der Waals surface area contributed by atoms with E-state index in [0.29, 0.717) is 5.69 Å². The van der Waals surface area contributed by atoms with Gasteiger partial charge >= 0.3 is 21.1 Å². The SMILES string of the molecule is Cc1cc([C-](F)F)nc(N=C=O)n1.[W+2]. The fraction of sp³-hybridized carbons (Fsp3) is 0.143. The minimum absolute atomic E-state index is 0. The monoisotopic (exact) mass is 368 g/mol. The first kappa shape index (κ1) is 12.9. The molecule has 0 bridgehead atoms. The summed E-state index contributed by atoms with van der Waals surface area (Å²) in [6, 6.07) is 1.10. The average molecular weight is 368 g/mol. The molecular weight excluding hydrogens is 364 g/mol. The van der Waals surface area contributed by atoms with Crippen molar-refractivity contribution < 1.29 is 34.6 Å². The van der Waals surface area contributed by atoms with Crippen LogP contribution in [-0.2, 0) is 25.9 Å². The third-order valence-corrected chi connectivity index (χ3v) is 1.18. The summed E-state index contributed by atoms with van der Waals surface area (Å²) in [4.78, 5) is 19.8. The predicted molar refractivity (Wildman–Crippen MR) is 39.1 cm³/mol. The van der Waals surface area contributed by atoms with Gasteiger partial charge in [0.15, 0.2) is 0 Å². The van der Waals surface area contributed by atoms with Crippen LogP contribution in [0.2, 0.25) is 0 Å². The van der Waals surface area contributed by atoms with Crippen molar-refractivity contribution in [3.63, 3.8) is 0 Å². The summed E-state index contributed by atoms with van der Waals surface area (Å²) in [5, 5.41) is 0. The van der Waals surface area contributed by atoms with E-state index in [1.54, 1.807) is 0 Å². The maximum absolute atomic E-state index is 12.1. The van der Waals surface area contributed by atoms with Crippen molar-refractivity contribution in [3.05, 3.63) is 23.9 Å². The molecule has 0 unspecified atom stereocenters. The molecule has 0 fully saturated rings. The standard InChI is InChI=1S/C7H4F2N3O.W/c1-4-2-5(6(8)9)12-7(11-4)10-3-13;/h2H,1H3;/q-1;+2. The number of aryl methyl sites for hydroxylation is 1. The molecule has 72 valence electrons. The van der Waals surface area contributed by atoms with E-state index in [4.69, 9.17) is 0 Å². The quantitative estimate of drug-likeness (QED) is 0.452. The second-order valence-electron chi connectivity index (χ2n) is 2.16. The minimum atomic E-state index is -1.94. The number of hydrogen-bond donors (Lipinski definition) is 0. The first-order valence-corrected chi connectivity index (χ1v) is 3.25. The van der Waals surface area contributed by atoms with E-state index >= 15 is 0 Å². The Balaban J connectivity index is 0.00000169. The second kappa shape index (κ2) is 5.58. The zero-order valence-corrected chi connectivity index (χ0v) is 9.92. The molecule has 1 aromatic rings. The van der Waals surface area contributed by atoms with Crippen LogP contribution in [-0.4, -0.2) is 16.0 Å². The Morgan fingerprint density at radius 2 is 2.14 bits per heavy atom. The topological polar surface area (TPSA) is 55.2 Å². The third kappa shape index (κ3) is 3.32. The number of hydrogen-bond acceptors (Lipinski definition) is 4. The van der Waals surface area contributed by atoms with E-state index in [9.17, 15) is 13.6 Å². The Hall–Kier alpha value is -1.12. The first-order valence-electron chi connectivity index (χ1n) is 3.25. The summed E-state index contributed by atoms with van der Waals surface area (Å²) in [5.41, 5.74) is -0.215. The maximum Gasteiger partial charge on any atom is 2.00 e. The van der Waals surface area contributed by atoms with Gasteiger partial charge in [-0.2, -0.15) is 6.07 Å². The van der Waals surface area contributed by atoms with Gasteiger partial charge in [0, 0.05) is 0 Å². The molecule has 1 heterocycles. The van der Waals surface area contributed by atoms with Crippen LogP contribution < -0.4 is 0 Å². The molecule has 1 rings (SSSR count). The smallest absolute Gasteiger partial charge is 0.287 e. The van der Waals surface area contributed by atoms with Gasteiger partial charge in [0.2, 0.25) is 6.08 Å². The van der Waals surface area contributed by atoms with Gasteiger partial charge in [0.05, 0.1) is 0 Å². The average Bonchev–Trinajstić information content (AvgIpc) is 2.03. The number of carbonyl (C=O) groups excluding carboxylic acids is 1. The zero-order valence-electron chi connectivity index (χ0n) is 6.99. The van der Waals surface area contributed by atoms with Crippen molar-refractivity contribution in [1.29, 1.82) is 0 Å². The molecule has 7 heteroatoms. The molecule has 0 aromatic carbocycles. The van der Waals surface area contributed by atoms with Crippen molar-refractivity contribution in [3.8, 4) is 0 Å². The number of aromatic nitrogens is 2. The molecule has 0 radical (unpaired) electrons. The third-order valence-electron chi connectivity index (χ3n) is 1.18. The molecule has 0 saturated heterocycles. The Morgan fingerprint density at radius 1 is 1.50 bits per heavy atom. The van der Waals surface area contributed by atoms with Gasteiger partial charge in [0.25, 0.3) is 5.95 Å². The van der Waals surface area contributed by atoms with Gasteiger partial charge < -0.3 is 0 Å². The number of isocyanates is 1. The number of rotatable bonds is 2. The van der Waals surface area contributed by atoms with Crippen molar-refractivity contribution in [2.75, 3.05) is 0 Å². The van der Waals surface area contributed by atoms with Crippen molar-refractivity contribution >= 4 is 12.0 Å². The second-order valence-corrected chi connectivity index (χ2v) is 2.16. The molecule has 14 heavy (non-hydrogen) atoms. The summed E-state index contributed by atoms with van der Waals surface area (Å²) in [6.07, 6.45) is -0.764. The van der Waals surface area contributed by atoms with E-state index < -0.39 is 12.1 Å². The van der Waals surface area contributed by atoms with Crippen molar-refractivity contribution in [1.82, 2.24) is 9.97 Å². The predicted octanol–water partition coefficient (Wildman–Crippen LogP) is 1.53. The van der Waals surface area contributed by atoms with Crippen LogP contribution in [0.3, 0.4) is 0 Å². The number of aliphatic imine (C=N–C) groups is 1.